The van der Waals surface area contributed by atoms with E-state index in [-0.39, 0.29) is 9.34 Å². The van der Waals surface area contributed by atoms with Crippen LogP contribution in [0.1, 0.15) is 84.5 Å². The van der Waals surface area contributed by atoms with Gasteiger partial charge in [-0.3, -0.25) is 4.79 Å². The van der Waals surface area contributed by atoms with Gasteiger partial charge in [-0.2, -0.15) is 0 Å². The summed E-state index contributed by atoms with van der Waals surface area (Å²) in [6.07, 6.45) is 13.5. The number of methoxy groups -OCH3 is 1. The Kier molecular flexibility index (Phi) is 10.2. The molecule has 3 unspecified atom stereocenters. The van der Waals surface area contributed by atoms with Gasteiger partial charge in [-0.1, -0.05) is 87.8 Å². The molecule has 1 fully saturated rings. The summed E-state index contributed by atoms with van der Waals surface area (Å²) in [5.74, 6) is 0.936. The van der Waals surface area contributed by atoms with Crippen LogP contribution in [0.25, 0.3) is 0 Å². The summed E-state index contributed by atoms with van der Waals surface area (Å²) < 4.78 is 5.64. The molecular formula is C19H35IO2. The summed E-state index contributed by atoms with van der Waals surface area (Å²) in [5.41, 5.74) is -0.207. The van der Waals surface area contributed by atoms with Crippen molar-refractivity contribution < 1.29 is 9.53 Å². The summed E-state index contributed by atoms with van der Waals surface area (Å²) in [5, 5.41) is 0. The fourth-order valence-corrected chi connectivity index (χ4v) is 4.93. The third-order valence-corrected chi connectivity index (χ3v) is 6.63. The Labute approximate surface area is 151 Å². The number of hydrogen-bond donors (Lipinski definition) is 0. The third-order valence-electron chi connectivity index (χ3n) is 5.44. The summed E-state index contributed by atoms with van der Waals surface area (Å²) in [6, 6.07) is 0. The summed E-state index contributed by atoms with van der Waals surface area (Å²) in [4.78, 5) is 13.1. The third kappa shape index (κ3) is 5.77. The van der Waals surface area contributed by atoms with Crippen LogP contribution in [0.5, 0.6) is 0 Å². The van der Waals surface area contributed by atoms with Crippen LogP contribution in [-0.4, -0.2) is 23.4 Å². The predicted molar refractivity (Wildman–Crippen MR) is 103 cm³/mol. The van der Waals surface area contributed by atoms with Crippen molar-refractivity contribution in [1.82, 2.24) is 0 Å². The number of carbonyl (C=O) groups is 1. The summed E-state index contributed by atoms with van der Waals surface area (Å²) >= 11 is 2.39. The molecule has 0 aliphatic heterocycles. The van der Waals surface area contributed by atoms with Crippen molar-refractivity contribution in [2.24, 2.45) is 11.3 Å². The highest BCUT2D eigenvalue weighted by Crippen LogP contribution is 2.44. The molecular weight excluding hydrogens is 387 g/mol. The number of rotatable bonds is 11. The first-order valence-corrected chi connectivity index (χ1v) is 10.5. The first kappa shape index (κ1) is 20.4. The van der Waals surface area contributed by atoms with Gasteiger partial charge < -0.3 is 4.74 Å². The summed E-state index contributed by atoms with van der Waals surface area (Å²) in [6.45, 7) is 5.12. The van der Waals surface area contributed by atoms with Gasteiger partial charge in [-0.15, -0.1) is 0 Å². The van der Waals surface area contributed by atoms with Gasteiger partial charge in [0.15, 0.2) is 5.78 Å². The average Bonchev–Trinajstić information content (AvgIpc) is 2.52. The lowest BCUT2D eigenvalue weighted by atomic mass is 9.64. The van der Waals surface area contributed by atoms with E-state index in [0.717, 1.165) is 12.8 Å². The van der Waals surface area contributed by atoms with Gasteiger partial charge in [0, 0.05) is 7.11 Å². The summed E-state index contributed by atoms with van der Waals surface area (Å²) in [7, 11) is 1.74. The van der Waals surface area contributed by atoms with Gasteiger partial charge in [0.25, 0.3) is 0 Å². The van der Waals surface area contributed by atoms with Crippen molar-refractivity contribution in [1.29, 1.82) is 0 Å². The SMILES string of the molecule is CCCCCCCCC(I)C(=O)C1(COC)CCCCC1C. The minimum atomic E-state index is -0.207. The maximum absolute atomic E-state index is 13.1. The largest absolute Gasteiger partial charge is 0.384 e. The van der Waals surface area contributed by atoms with E-state index in [9.17, 15) is 4.79 Å². The maximum atomic E-state index is 13.1. The van der Waals surface area contributed by atoms with Crippen LogP contribution in [0.4, 0.5) is 0 Å². The second-order valence-corrected chi connectivity index (χ2v) is 8.63. The highest BCUT2D eigenvalue weighted by molar-refractivity contribution is 14.1. The van der Waals surface area contributed by atoms with Crippen molar-refractivity contribution in [3.05, 3.63) is 0 Å². The van der Waals surface area contributed by atoms with E-state index in [2.05, 4.69) is 36.4 Å². The monoisotopic (exact) mass is 422 g/mol. The Morgan fingerprint density at radius 1 is 1.23 bits per heavy atom. The van der Waals surface area contributed by atoms with E-state index < -0.39 is 0 Å². The molecule has 1 aliphatic carbocycles. The molecule has 2 nitrogen and oxygen atoms in total. The predicted octanol–water partition coefficient (Wildman–Crippen LogP) is 5.95. The normalized spacial score (nSPS) is 26.8. The second-order valence-electron chi connectivity index (χ2n) is 7.12. The molecule has 0 spiro atoms. The van der Waals surface area contributed by atoms with Crippen LogP contribution in [0.2, 0.25) is 0 Å². The van der Waals surface area contributed by atoms with Gasteiger partial charge in [-0.05, 0) is 25.2 Å². The van der Waals surface area contributed by atoms with E-state index in [1.54, 1.807) is 7.11 Å². The van der Waals surface area contributed by atoms with Crippen LogP contribution in [0, 0.1) is 11.3 Å². The Bertz CT molecular complexity index is 315. The molecule has 0 bridgehead atoms. The minimum absolute atomic E-state index is 0.166. The molecule has 1 aliphatic rings. The average molecular weight is 422 g/mol. The van der Waals surface area contributed by atoms with E-state index in [1.807, 2.05) is 0 Å². The Morgan fingerprint density at radius 3 is 2.55 bits per heavy atom. The zero-order valence-corrected chi connectivity index (χ0v) is 17.0. The zero-order valence-electron chi connectivity index (χ0n) is 14.8. The molecule has 1 saturated carbocycles. The lowest BCUT2D eigenvalue weighted by molar-refractivity contribution is -0.137. The maximum Gasteiger partial charge on any atom is 0.154 e. The highest BCUT2D eigenvalue weighted by atomic mass is 127. The number of carbonyl (C=O) groups excluding carboxylic acids is 1. The van der Waals surface area contributed by atoms with E-state index in [1.165, 1.54) is 57.8 Å². The van der Waals surface area contributed by atoms with Crippen LogP contribution in [0.3, 0.4) is 0 Å². The van der Waals surface area contributed by atoms with Gasteiger partial charge in [0.2, 0.25) is 0 Å². The van der Waals surface area contributed by atoms with E-state index in [4.69, 9.17) is 4.74 Å². The number of halogens is 1. The van der Waals surface area contributed by atoms with Crippen molar-refractivity contribution in [3.63, 3.8) is 0 Å². The molecule has 0 amide bonds. The first-order chi connectivity index (χ1) is 10.6. The molecule has 3 atom stereocenters. The lowest BCUT2D eigenvalue weighted by Crippen LogP contribution is -2.47. The topological polar surface area (TPSA) is 26.3 Å². The quantitative estimate of drug-likeness (QED) is 0.234. The molecule has 0 radical (unpaired) electrons. The second kappa shape index (κ2) is 11.0. The number of ketones is 1. The number of Topliss-reactive ketones (excluding diaryl/α,β-unsaturated/α-hetero) is 1. The lowest BCUT2D eigenvalue weighted by Gasteiger charge is -2.42. The van der Waals surface area contributed by atoms with Crippen LogP contribution in [0.15, 0.2) is 0 Å². The van der Waals surface area contributed by atoms with Crippen molar-refractivity contribution in [2.45, 2.75) is 88.4 Å². The minimum Gasteiger partial charge on any atom is -0.384 e. The van der Waals surface area contributed by atoms with Crippen molar-refractivity contribution in [2.75, 3.05) is 13.7 Å². The molecule has 3 heteroatoms. The Morgan fingerprint density at radius 2 is 1.91 bits per heavy atom. The molecule has 0 aromatic rings. The Hall–Kier alpha value is 0.360. The standard InChI is InChI=1S/C19H35IO2/c1-4-5-6-7-8-9-13-17(20)18(21)19(15-22-3)14-11-10-12-16(19)2/h16-17H,4-15H2,1-3H3. The zero-order chi connectivity index (χ0) is 16.4. The highest BCUT2D eigenvalue weighted by Gasteiger charge is 2.46. The molecule has 0 aromatic heterocycles. The molecule has 0 N–H and O–H groups in total. The van der Waals surface area contributed by atoms with Crippen LogP contribution in [-0.2, 0) is 9.53 Å². The van der Waals surface area contributed by atoms with Gasteiger partial charge in [0.05, 0.1) is 15.9 Å². The van der Waals surface area contributed by atoms with Crippen molar-refractivity contribution >= 4 is 28.4 Å². The number of alkyl halides is 1. The number of unbranched alkanes of at least 4 members (excludes halogenated alkanes) is 5. The van der Waals surface area contributed by atoms with Crippen LogP contribution >= 0.6 is 22.6 Å². The van der Waals surface area contributed by atoms with Crippen LogP contribution < -0.4 is 0 Å². The Balaban J connectivity index is 2.47. The fourth-order valence-electron chi connectivity index (χ4n) is 3.87. The van der Waals surface area contributed by atoms with E-state index >= 15 is 0 Å². The molecule has 130 valence electrons. The first-order valence-electron chi connectivity index (χ1n) is 9.25. The smallest absolute Gasteiger partial charge is 0.154 e. The molecule has 1 rings (SSSR count). The number of ether oxygens (including phenoxy) is 1. The number of hydrogen-bond acceptors (Lipinski definition) is 2. The molecule has 0 saturated heterocycles. The molecule has 0 aromatic carbocycles. The van der Waals surface area contributed by atoms with Gasteiger partial charge >= 0.3 is 0 Å². The van der Waals surface area contributed by atoms with Crippen molar-refractivity contribution in [3.8, 4) is 0 Å². The molecule has 22 heavy (non-hydrogen) atoms. The molecule has 0 heterocycles. The van der Waals surface area contributed by atoms with E-state index in [0.29, 0.717) is 18.3 Å². The van der Waals surface area contributed by atoms with Gasteiger partial charge in [0.1, 0.15) is 0 Å². The van der Waals surface area contributed by atoms with Gasteiger partial charge in [-0.25, -0.2) is 0 Å². The fraction of sp³-hybridized carbons (Fsp3) is 0.947.